The Bertz CT molecular complexity index is 421. The van der Waals surface area contributed by atoms with Gasteiger partial charge in [-0.1, -0.05) is 15.9 Å². The zero-order valence-corrected chi connectivity index (χ0v) is 9.38. The third kappa shape index (κ3) is 1.78. The van der Waals surface area contributed by atoms with Gasteiger partial charge < -0.3 is 4.74 Å². The first kappa shape index (κ1) is 10.7. The van der Waals surface area contributed by atoms with Crippen molar-refractivity contribution in [2.45, 2.75) is 6.92 Å². The van der Waals surface area contributed by atoms with Crippen LogP contribution in [0.5, 0.6) is 0 Å². The minimum atomic E-state index is -0.489. The molecule has 1 rings (SSSR count). The number of nitrogens with zero attached hydrogens (tertiary/aromatic N) is 1. The Balaban J connectivity index is 3.40. The minimum absolute atomic E-state index is 0.302. The van der Waals surface area contributed by atoms with Crippen molar-refractivity contribution in [3.63, 3.8) is 0 Å². The second-order valence-corrected chi connectivity index (χ2v) is 3.55. The topological polar surface area (TPSA) is 50.1 Å². The van der Waals surface area contributed by atoms with Crippen LogP contribution in [0.15, 0.2) is 16.6 Å². The van der Waals surface area contributed by atoms with Crippen LogP contribution in [0.1, 0.15) is 21.5 Å². The average Bonchev–Trinajstić information content (AvgIpc) is 2.20. The number of esters is 1. The second-order valence-electron chi connectivity index (χ2n) is 2.70. The van der Waals surface area contributed by atoms with E-state index in [1.807, 2.05) is 6.07 Å². The lowest BCUT2D eigenvalue weighted by molar-refractivity contribution is 0.0600. The van der Waals surface area contributed by atoms with E-state index in [-0.39, 0.29) is 0 Å². The van der Waals surface area contributed by atoms with E-state index in [2.05, 4.69) is 20.7 Å². The molecule has 0 saturated heterocycles. The molecule has 1 aromatic carbocycles. The highest BCUT2D eigenvalue weighted by atomic mass is 79.9. The highest BCUT2D eigenvalue weighted by Crippen LogP contribution is 2.22. The number of halogens is 1. The zero-order chi connectivity index (χ0) is 10.7. The summed E-state index contributed by atoms with van der Waals surface area (Å²) in [6.45, 7) is 1.77. The van der Waals surface area contributed by atoms with Crippen molar-refractivity contribution in [1.82, 2.24) is 0 Å². The number of nitriles is 1. The SMILES string of the molecule is COC(=O)c1ccc(Br)c(C)c1C#N. The highest BCUT2D eigenvalue weighted by molar-refractivity contribution is 9.10. The fourth-order valence-electron chi connectivity index (χ4n) is 1.11. The first-order chi connectivity index (χ1) is 6.61. The van der Waals surface area contributed by atoms with Crippen LogP contribution in [-0.2, 0) is 4.74 Å². The van der Waals surface area contributed by atoms with Crippen molar-refractivity contribution in [2.75, 3.05) is 7.11 Å². The first-order valence-corrected chi connectivity index (χ1v) is 4.68. The molecule has 0 saturated carbocycles. The van der Waals surface area contributed by atoms with Gasteiger partial charge in [-0.05, 0) is 24.6 Å². The average molecular weight is 254 g/mol. The van der Waals surface area contributed by atoms with Crippen LogP contribution in [0, 0.1) is 18.3 Å². The third-order valence-electron chi connectivity index (χ3n) is 1.92. The summed E-state index contributed by atoms with van der Waals surface area (Å²) < 4.78 is 5.38. The van der Waals surface area contributed by atoms with Gasteiger partial charge in [-0.3, -0.25) is 0 Å². The molecular weight excluding hydrogens is 246 g/mol. The lowest BCUT2D eigenvalue weighted by atomic mass is 10.0. The summed E-state index contributed by atoms with van der Waals surface area (Å²) >= 11 is 3.29. The summed E-state index contributed by atoms with van der Waals surface area (Å²) in [7, 11) is 1.29. The standard InChI is InChI=1S/C10H8BrNO2/c1-6-8(5-12)7(10(13)14-2)3-4-9(6)11/h3-4H,1-2H3. The van der Waals surface area contributed by atoms with Gasteiger partial charge in [-0.25, -0.2) is 4.79 Å². The molecule has 0 amide bonds. The normalized spacial score (nSPS) is 9.29. The van der Waals surface area contributed by atoms with Crippen LogP contribution in [0.3, 0.4) is 0 Å². The molecule has 14 heavy (non-hydrogen) atoms. The number of carbonyl (C=O) groups is 1. The van der Waals surface area contributed by atoms with Crippen LogP contribution in [-0.4, -0.2) is 13.1 Å². The van der Waals surface area contributed by atoms with Crippen LogP contribution >= 0.6 is 15.9 Å². The van der Waals surface area contributed by atoms with Crippen molar-refractivity contribution in [1.29, 1.82) is 5.26 Å². The van der Waals surface area contributed by atoms with Crippen molar-refractivity contribution < 1.29 is 9.53 Å². The van der Waals surface area contributed by atoms with Crippen LogP contribution in [0.25, 0.3) is 0 Å². The van der Waals surface area contributed by atoms with E-state index in [9.17, 15) is 4.79 Å². The van der Waals surface area contributed by atoms with Crippen molar-refractivity contribution in [3.05, 3.63) is 33.3 Å². The summed E-state index contributed by atoms with van der Waals surface area (Å²) in [6, 6.07) is 5.28. The number of ether oxygens (including phenoxy) is 1. The molecule has 3 nitrogen and oxygen atoms in total. The second kappa shape index (κ2) is 4.25. The molecule has 0 aromatic heterocycles. The van der Waals surface area contributed by atoms with Gasteiger partial charge >= 0.3 is 5.97 Å². The molecule has 4 heteroatoms. The number of benzene rings is 1. The van der Waals surface area contributed by atoms with Gasteiger partial charge in [0.05, 0.1) is 18.2 Å². The molecular formula is C10H8BrNO2. The van der Waals surface area contributed by atoms with Gasteiger partial charge in [-0.15, -0.1) is 0 Å². The summed E-state index contributed by atoms with van der Waals surface area (Å²) in [5.74, 6) is -0.489. The molecule has 0 N–H and O–H groups in total. The lowest BCUT2D eigenvalue weighted by Crippen LogP contribution is -2.05. The van der Waals surface area contributed by atoms with Crippen molar-refractivity contribution in [3.8, 4) is 6.07 Å². The molecule has 0 atom stereocenters. The van der Waals surface area contributed by atoms with Gasteiger partial charge in [0.25, 0.3) is 0 Å². The summed E-state index contributed by atoms with van der Waals surface area (Å²) in [4.78, 5) is 11.3. The molecule has 0 aliphatic rings. The Morgan fingerprint density at radius 2 is 2.21 bits per heavy atom. The Kier molecular flexibility index (Phi) is 3.26. The molecule has 0 aliphatic heterocycles. The lowest BCUT2D eigenvalue weighted by Gasteiger charge is -2.05. The van der Waals surface area contributed by atoms with E-state index in [0.717, 1.165) is 10.0 Å². The quantitative estimate of drug-likeness (QED) is 0.723. The number of hydrogen-bond acceptors (Lipinski definition) is 3. The molecule has 0 fully saturated rings. The van der Waals surface area contributed by atoms with Crippen molar-refractivity contribution in [2.24, 2.45) is 0 Å². The van der Waals surface area contributed by atoms with E-state index in [1.54, 1.807) is 19.1 Å². The Labute approximate surface area is 90.4 Å². The summed E-state index contributed by atoms with van der Waals surface area (Å²) in [5, 5.41) is 8.89. The monoisotopic (exact) mass is 253 g/mol. The van der Waals surface area contributed by atoms with Crippen LogP contribution in [0.2, 0.25) is 0 Å². The number of methoxy groups -OCH3 is 1. The minimum Gasteiger partial charge on any atom is -0.465 e. The fraction of sp³-hybridized carbons (Fsp3) is 0.200. The molecule has 0 bridgehead atoms. The van der Waals surface area contributed by atoms with E-state index in [1.165, 1.54) is 7.11 Å². The van der Waals surface area contributed by atoms with Gasteiger partial charge in [0.1, 0.15) is 6.07 Å². The van der Waals surface area contributed by atoms with Gasteiger partial charge in [0.2, 0.25) is 0 Å². The third-order valence-corrected chi connectivity index (χ3v) is 2.78. The number of hydrogen-bond donors (Lipinski definition) is 0. The maximum Gasteiger partial charge on any atom is 0.339 e. The molecule has 0 heterocycles. The van der Waals surface area contributed by atoms with Crippen LogP contribution in [0.4, 0.5) is 0 Å². The molecule has 0 spiro atoms. The maximum atomic E-state index is 11.3. The zero-order valence-electron chi connectivity index (χ0n) is 7.80. The number of rotatable bonds is 1. The van der Waals surface area contributed by atoms with E-state index in [0.29, 0.717) is 11.1 Å². The highest BCUT2D eigenvalue weighted by Gasteiger charge is 2.14. The summed E-state index contributed by atoms with van der Waals surface area (Å²) in [5.41, 5.74) is 1.40. The van der Waals surface area contributed by atoms with E-state index < -0.39 is 5.97 Å². The Morgan fingerprint density at radius 3 is 2.71 bits per heavy atom. The molecule has 1 aromatic rings. The van der Waals surface area contributed by atoms with E-state index in [4.69, 9.17) is 5.26 Å². The molecule has 0 unspecified atom stereocenters. The maximum absolute atomic E-state index is 11.3. The van der Waals surface area contributed by atoms with Gasteiger partial charge in [-0.2, -0.15) is 5.26 Å². The molecule has 0 radical (unpaired) electrons. The summed E-state index contributed by atoms with van der Waals surface area (Å²) in [6.07, 6.45) is 0. The number of carbonyl (C=O) groups excluding carboxylic acids is 1. The van der Waals surface area contributed by atoms with Crippen LogP contribution < -0.4 is 0 Å². The smallest absolute Gasteiger partial charge is 0.339 e. The first-order valence-electron chi connectivity index (χ1n) is 3.89. The largest absolute Gasteiger partial charge is 0.465 e. The van der Waals surface area contributed by atoms with Gasteiger partial charge in [0, 0.05) is 4.47 Å². The van der Waals surface area contributed by atoms with Crippen molar-refractivity contribution >= 4 is 21.9 Å². The molecule has 0 aliphatic carbocycles. The predicted octanol–water partition coefficient (Wildman–Crippen LogP) is 2.42. The predicted molar refractivity (Wildman–Crippen MR) is 54.9 cm³/mol. The fourth-order valence-corrected chi connectivity index (χ4v) is 1.44. The Hall–Kier alpha value is -1.34. The Morgan fingerprint density at radius 1 is 1.57 bits per heavy atom. The van der Waals surface area contributed by atoms with Gasteiger partial charge in [0.15, 0.2) is 0 Å². The van der Waals surface area contributed by atoms with E-state index >= 15 is 0 Å². The molecule has 72 valence electrons.